The monoisotopic (exact) mass is 503 g/mol. The Morgan fingerprint density at radius 3 is 2.12 bits per heavy atom. The Bertz CT molecular complexity index is 716. The van der Waals surface area contributed by atoms with Gasteiger partial charge in [0.25, 0.3) is 5.91 Å². The predicted molar refractivity (Wildman–Crippen MR) is 126 cm³/mol. The zero-order valence-corrected chi connectivity index (χ0v) is 21.2. The number of nitrogens with zero attached hydrogens (tertiary/aromatic N) is 1. The summed E-state index contributed by atoms with van der Waals surface area (Å²) in [5.74, 6) is -3.55. The van der Waals surface area contributed by atoms with E-state index < -0.39 is 48.3 Å². The first-order valence-corrected chi connectivity index (χ1v) is 12.5. The van der Waals surface area contributed by atoms with Crippen LogP contribution in [0, 0.1) is 0 Å². The van der Waals surface area contributed by atoms with E-state index in [1.54, 1.807) is 13.8 Å². The minimum absolute atomic E-state index is 0.0166. The van der Waals surface area contributed by atoms with E-state index in [1.165, 1.54) is 6.92 Å². The molecule has 0 bridgehead atoms. The third-order valence-corrected chi connectivity index (χ3v) is 5.50. The molecule has 0 spiro atoms. The molecule has 0 fully saturated rings. The molecule has 0 aromatic heterocycles. The molecule has 0 aliphatic heterocycles. The number of carbonyl (C=O) groups excluding carboxylic acids is 6. The van der Waals surface area contributed by atoms with Crippen LogP contribution in [0.1, 0.15) is 66.2 Å². The van der Waals surface area contributed by atoms with Crippen LogP contribution in [-0.4, -0.2) is 77.3 Å². The highest BCUT2D eigenvalue weighted by molar-refractivity contribution is 8.13. The van der Waals surface area contributed by atoms with Gasteiger partial charge in [-0.05, 0) is 19.3 Å². The molecule has 0 rings (SSSR count). The highest BCUT2D eigenvalue weighted by atomic mass is 32.2. The molecule has 12 heteroatoms. The largest absolute Gasteiger partial charge is 0.465 e. The van der Waals surface area contributed by atoms with E-state index in [0.717, 1.165) is 16.7 Å². The van der Waals surface area contributed by atoms with Gasteiger partial charge in [0.2, 0.25) is 11.8 Å². The van der Waals surface area contributed by atoms with Crippen LogP contribution in [0.15, 0.2) is 0 Å². The summed E-state index contributed by atoms with van der Waals surface area (Å²) >= 11 is 0.835. The Hall–Kier alpha value is -2.47. The Kier molecular flexibility index (Phi) is 16.6. The lowest BCUT2D eigenvalue weighted by molar-refractivity contribution is -0.156. The lowest BCUT2D eigenvalue weighted by atomic mass is 10.1. The molecule has 3 N–H and O–H groups in total. The van der Waals surface area contributed by atoms with E-state index in [2.05, 4.69) is 5.32 Å². The second kappa shape index (κ2) is 17.9. The number of hydrogen-bond donors (Lipinski definition) is 2. The zero-order chi connectivity index (χ0) is 26.1. The summed E-state index contributed by atoms with van der Waals surface area (Å²) in [7, 11) is 0. The number of nitrogens with two attached hydrogens (primary N) is 1. The van der Waals surface area contributed by atoms with Crippen molar-refractivity contribution in [1.29, 1.82) is 0 Å². The maximum absolute atomic E-state index is 13.1. The molecule has 0 aliphatic rings. The first-order chi connectivity index (χ1) is 16.1. The first-order valence-electron chi connectivity index (χ1n) is 11.5. The van der Waals surface area contributed by atoms with Crippen LogP contribution < -0.4 is 11.1 Å². The molecule has 0 aliphatic carbocycles. The lowest BCUT2D eigenvalue weighted by Gasteiger charge is -2.25. The van der Waals surface area contributed by atoms with Gasteiger partial charge in [0.1, 0.15) is 18.6 Å². The Morgan fingerprint density at radius 2 is 1.56 bits per heavy atom. The number of amides is 3. The van der Waals surface area contributed by atoms with Crippen LogP contribution in [-0.2, 0) is 38.2 Å². The molecule has 0 saturated heterocycles. The second-order valence-electron chi connectivity index (χ2n) is 7.36. The van der Waals surface area contributed by atoms with Gasteiger partial charge in [0, 0.05) is 25.0 Å². The summed E-state index contributed by atoms with van der Waals surface area (Å²) in [6.45, 7) is 6.58. The van der Waals surface area contributed by atoms with E-state index in [4.69, 9.17) is 15.2 Å². The van der Waals surface area contributed by atoms with Crippen molar-refractivity contribution in [3.05, 3.63) is 0 Å². The molecule has 34 heavy (non-hydrogen) atoms. The number of nitrogens with one attached hydrogen (secondary N) is 1. The van der Waals surface area contributed by atoms with Gasteiger partial charge in [0.15, 0.2) is 5.12 Å². The smallest absolute Gasteiger partial charge is 0.326 e. The van der Waals surface area contributed by atoms with Crippen molar-refractivity contribution in [3.8, 4) is 0 Å². The first kappa shape index (κ1) is 31.5. The minimum atomic E-state index is -1.24. The summed E-state index contributed by atoms with van der Waals surface area (Å²) in [6.07, 6.45) is 1.17. The lowest BCUT2D eigenvalue weighted by Crippen LogP contribution is -2.53. The molecule has 11 nitrogen and oxygen atoms in total. The van der Waals surface area contributed by atoms with Crippen LogP contribution in [0.3, 0.4) is 0 Å². The van der Waals surface area contributed by atoms with Crippen molar-refractivity contribution in [2.24, 2.45) is 5.73 Å². The fraction of sp³-hybridized carbons (Fsp3) is 0.727. The van der Waals surface area contributed by atoms with E-state index in [9.17, 15) is 28.8 Å². The Morgan fingerprint density at radius 1 is 0.941 bits per heavy atom. The van der Waals surface area contributed by atoms with E-state index in [1.807, 2.05) is 6.92 Å². The fourth-order valence-corrected chi connectivity index (χ4v) is 3.27. The predicted octanol–water partition coefficient (Wildman–Crippen LogP) is 0.920. The van der Waals surface area contributed by atoms with Crippen molar-refractivity contribution < 1.29 is 38.2 Å². The van der Waals surface area contributed by atoms with Gasteiger partial charge < -0.3 is 20.5 Å². The minimum Gasteiger partial charge on any atom is -0.465 e. The standard InChI is InChI=1S/C22H37N3O8S/c1-5-11-32-19(28)13-25(18(27)7-3)21(30)16(14-34-20(29)8-4)24-17(26)10-9-15(23)22(31)33-12-6-2/h15-16H,5-14,23H2,1-4H3,(H,24,26). The molecular formula is C22H37N3O8S. The summed E-state index contributed by atoms with van der Waals surface area (Å²) in [5, 5.41) is 2.29. The zero-order valence-electron chi connectivity index (χ0n) is 20.4. The number of rotatable bonds is 16. The molecule has 2 unspecified atom stereocenters. The van der Waals surface area contributed by atoms with Crippen LogP contribution >= 0.6 is 11.8 Å². The van der Waals surface area contributed by atoms with Gasteiger partial charge >= 0.3 is 11.9 Å². The van der Waals surface area contributed by atoms with Crippen LogP contribution in [0.2, 0.25) is 0 Å². The van der Waals surface area contributed by atoms with E-state index >= 15 is 0 Å². The Labute approximate surface area is 204 Å². The third kappa shape index (κ3) is 12.7. The van der Waals surface area contributed by atoms with Crippen molar-refractivity contribution in [2.75, 3.05) is 25.5 Å². The third-order valence-electron chi connectivity index (χ3n) is 4.39. The summed E-state index contributed by atoms with van der Waals surface area (Å²) < 4.78 is 9.91. The van der Waals surface area contributed by atoms with Crippen molar-refractivity contribution >= 4 is 46.5 Å². The van der Waals surface area contributed by atoms with Gasteiger partial charge in [-0.15, -0.1) is 0 Å². The van der Waals surface area contributed by atoms with Crippen molar-refractivity contribution in [1.82, 2.24) is 10.2 Å². The summed E-state index contributed by atoms with van der Waals surface area (Å²) in [6, 6.07) is -2.25. The van der Waals surface area contributed by atoms with Gasteiger partial charge in [-0.2, -0.15) is 0 Å². The molecule has 0 radical (unpaired) electrons. The van der Waals surface area contributed by atoms with Crippen LogP contribution in [0.5, 0.6) is 0 Å². The Balaban J connectivity index is 5.35. The molecule has 0 saturated carbocycles. The van der Waals surface area contributed by atoms with Crippen molar-refractivity contribution in [3.63, 3.8) is 0 Å². The number of ether oxygens (including phenoxy) is 2. The summed E-state index contributed by atoms with van der Waals surface area (Å²) in [4.78, 5) is 74.3. The molecule has 0 heterocycles. The average Bonchev–Trinajstić information content (AvgIpc) is 2.83. The number of carbonyl (C=O) groups is 6. The molecule has 0 aromatic carbocycles. The molecule has 2 atom stereocenters. The maximum atomic E-state index is 13.1. The topological polar surface area (TPSA) is 162 Å². The molecular weight excluding hydrogens is 466 g/mol. The highest BCUT2D eigenvalue weighted by Gasteiger charge is 2.32. The van der Waals surface area contributed by atoms with Gasteiger partial charge in [-0.1, -0.05) is 39.5 Å². The maximum Gasteiger partial charge on any atom is 0.326 e. The number of imide groups is 1. The highest BCUT2D eigenvalue weighted by Crippen LogP contribution is 2.11. The van der Waals surface area contributed by atoms with Crippen molar-refractivity contribution in [2.45, 2.75) is 78.3 Å². The number of hydrogen-bond acceptors (Lipinski definition) is 10. The second-order valence-corrected chi connectivity index (χ2v) is 8.44. The average molecular weight is 504 g/mol. The fourth-order valence-electron chi connectivity index (χ4n) is 2.49. The molecule has 194 valence electrons. The quantitative estimate of drug-likeness (QED) is 0.290. The SMILES string of the molecule is CCCOC(=O)CN(C(=O)CC)C(=O)C(CSC(=O)CC)NC(=O)CCC(N)C(=O)OCCC. The number of thioether (sulfide) groups is 1. The van der Waals surface area contributed by atoms with Gasteiger partial charge in [-0.25, -0.2) is 0 Å². The van der Waals surface area contributed by atoms with Gasteiger partial charge in [0.05, 0.1) is 13.2 Å². The molecule has 0 aromatic rings. The van der Waals surface area contributed by atoms with Gasteiger partial charge in [-0.3, -0.25) is 33.7 Å². The van der Waals surface area contributed by atoms with E-state index in [-0.39, 0.29) is 49.8 Å². The number of esters is 2. The van der Waals surface area contributed by atoms with E-state index in [0.29, 0.717) is 12.8 Å². The van der Waals surface area contributed by atoms with Crippen LogP contribution in [0.4, 0.5) is 0 Å². The molecule has 3 amide bonds. The normalized spacial score (nSPS) is 12.3. The van der Waals surface area contributed by atoms with Crippen LogP contribution in [0.25, 0.3) is 0 Å². The summed E-state index contributed by atoms with van der Waals surface area (Å²) in [5.41, 5.74) is 5.74.